The molecule has 0 aliphatic carbocycles. The maximum atomic E-state index is 11.2. The standard InChI is InChI=1S/C11H15BrN2O/c1-8(13)11(15)14-6-5-9-3-2-4-10(12)7-9/h2-4,7-8H,5-6,13H2,1H3,(H,14,15)/t8-/m0/s1. The predicted molar refractivity (Wildman–Crippen MR) is 64.5 cm³/mol. The quantitative estimate of drug-likeness (QED) is 0.871. The lowest BCUT2D eigenvalue weighted by Crippen LogP contribution is -2.39. The number of carbonyl (C=O) groups excluding carboxylic acids is 1. The van der Waals surface area contributed by atoms with Crippen molar-refractivity contribution in [2.75, 3.05) is 6.54 Å². The number of carbonyl (C=O) groups is 1. The third-order valence-corrected chi connectivity index (χ3v) is 2.51. The third-order valence-electron chi connectivity index (χ3n) is 2.02. The highest BCUT2D eigenvalue weighted by Crippen LogP contribution is 2.11. The molecule has 1 aromatic carbocycles. The first-order valence-electron chi connectivity index (χ1n) is 4.87. The average molecular weight is 271 g/mol. The van der Waals surface area contributed by atoms with E-state index in [-0.39, 0.29) is 5.91 Å². The molecule has 4 heteroatoms. The fourth-order valence-electron chi connectivity index (χ4n) is 1.18. The Kier molecular flexibility index (Phi) is 4.78. The van der Waals surface area contributed by atoms with Crippen LogP contribution in [0.2, 0.25) is 0 Å². The molecule has 0 fully saturated rings. The topological polar surface area (TPSA) is 55.1 Å². The highest BCUT2D eigenvalue weighted by atomic mass is 79.9. The van der Waals surface area contributed by atoms with Crippen LogP contribution in [0, 0.1) is 0 Å². The summed E-state index contributed by atoms with van der Waals surface area (Å²) in [5.74, 6) is -0.106. The van der Waals surface area contributed by atoms with Gasteiger partial charge in [0.05, 0.1) is 6.04 Å². The van der Waals surface area contributed by atoms with E-state index in [4.69, 9.17) is 5.73 Å². The largest absolute Gasteiger partial charge is 0.354 e. The molecule has 0 saturated heterocycles. The van der Waals surface area contributed by atoms with Crippen molar-refractivity contribution in [2.24, 2.45) is 5.73 Å². The Bertz CT molecular complexity index is 339. The lowest BCUT2D eigenvalue weighted by atomic mass is 10.1. The number of hydrogen-bond acceptors (Lipinski definition) is 2. The van der Waals surface area contributed by atoms with Gasteiger partial charge in [-0.25, -0.2) is 0 Å². The van der Waals surface area contributed by atoms with Crippen molar-refractivity contribution >= 4 is 21.8 Å². The van der Waals surface area contributed by atoms with Crippen molar-refractivity contribution in [3.8, 4) is 0 Å². The minimum absolute atomic E-state index is 0.106. The summed E-state index contributed by atoms with van der Waals surface area (Å²) in [5, 5.41) is 2.77. The van der Waals surface area contributed by atoms with Crippen molar-refractivity contribution in [1.82, 2.24) is 5.32 Å². The molecule has 3 nitrogen and oxygen atoms in total. The van der Waals surface area contributed by atoms with E-state index in [0.717, 1.165) is 10.9 Å². The Labute approximate surface area is 98.2 Å². The van der Waals surface area contributed by atoms with Crippen LogP contribution in [0.15, 0.2) is 28.7 Å². The van der Waals surface area contributed by atoms with E-state index in [1.54, 1.807) is 6.92 Å². The van der Waals surface area contributed by atoms with E-state index < -0.39 is 6.04 Å². The molecule has 1 atom stereocenters. The summed E-state index contributed by atoms with van der Waals surface area (Å²) in [6.07, 6.45) is 0.817. The van der Waals surface area contributed by atoms with Crippen LogP contribution < -0.4 is 11.1 Å². The molecule has 0 radical (unpaired) electrons. The van der Waals surface area contributed by atoms with Crippen LogP contribution in [0.1, 0.15) is 12.5 Å². The maximum Gasteiger partial charge on any atom is 0.236 e. The van der Waals surface area contributed by atoms with Crippen LogP contribution in [0.3, 0.4) is 0 Å². The Morgan fingerprint density at radius 1 is 1.60 bits per heavy atom. The first-order valence-corrected chi connectivity index (χ1v) is 5.66. The molecular weight excluding hydrogens is 256 g/mol. The van der Waals surface area contributed by atoms with Gasteiger partial charge in [0.2, 0.25) is 5.91 Å². The monoisotopic (exact) mass is 270 g/mol. The molecule has 3 N–H and O–H groups in total. The highest BCUT2D eigenvalue weighted by molar-refractivity contribution is 9.10. The molecule has 0 unspecified atom stereocenters. The van der Waals surface area contributed by atoms with Gasteiger partial charge in [0.25, 0.3) is 0 Å². The van der Waals surface area contributed by atoms with E-state index in [1.807, 2.05) is 24.3 Å². The number of amides is 1. The van der Waals surface area contributed by atoms with Crippen molar-refractivity contribution in [3.05, 3.63) is 34.3 Å². The van der Waals surface area contributed by atoms with Gasteiger partial charge in [-0.2, -0.15) is 0 Å². The van der Waals surface area contributed by atoms with E-state index in [2.05, 4.69) is 21.2 Å². The second-order valence-electron chi connectivity index (χ2n) is 3.46. The Morgan fingerprint density at radius 2 is 2.33 bits per heavy atom. The van der Waals surface area contributed by atoms with Crippen LogP contribution in [0.5, 0.6) is 0 Å². The van der Waals surface area contributed by atoms with Gasteiger partial charge in [0.15, 0.2) is 0 Å². The summed E-state index contributed by atoms with van der Waals surface area (Å²) in [5.41, 5.74) is 6.61. The van der Waals surface area contributed by atoms with Crippen LogP contribution in [0.25, 0.3) is 0 Å². The number of hydrogen-bond donors (Lipinski definition) is 2. The summed E-state index contributed by atoms with van der Waals surface area (Å²) < 4.78 is 1.05. The zero-order chi connectivity index (χ0) is 11.3. The lowest BCUT2D eigenvalue weighted by Gasteiger charge is -2.07. The number of halogens is 1. The van der Waals surface area contributed by atoms with Gasteiger partial charge in [0.1, 0.15) is 0 Å². The predicted octanol–water partition coefficient (Wildman–Crippen LogP) is 1.46. The van der Waals surface area contributed by atoms with E-state index >= 15 is 0 Å². The lowest BCUT2D eigenvalue weighted by molar-refractivity contribution is -0.121. The van der Waals surface area contributed by atoms with Crippen LogP contribution >= 0.6 is 15.9 Å². The molecule has 0 aliphatic heterocycles. The van der Waals surface area contributed by atoms with Crippen molar-refractivity contribution in [2.45, 2.75) is 19.4 Å². The number of nitrogens with one attached hydrogen (secondary N) is 1. The molecule has 15 heavy (non-hydrogen) atoms. The molecule has 1 amide bonds. The fraction of sp³-hybridized carbons (Fsp3) is 0.364. The van der Waals surface area contributed by atoms with Gasteiger partial charge in [0, 0.05) is 11.0 Å². The highest BCUT2D eigenvalue weighted by Gasteiger charge is 2.05. The van der Waals surface area contributed by atoms with Crippen molar-refractivity contribution in [3.63, 3.8) is 0 Å². The fourth-order valence-corrected chi connectivity index (χ4v) is 1.63. The average Bonchev–Trinajstić information content (AvgIpc) is 2.17. The molecule has 0 heterocycles. The summed E-state index contributed by atoms with van der Waals surface area (Å²) in [7, 11) is 0. The summed E-state index contributed by atoms with van der Waals surface area (Å²) in [6, 6.07) is 7.59. The van der Waals surface area contributed by atoms with E-state index in [9.17, 15) is 4.79 Å². The third kappa shape index (κ3) is 4.44. The SMILES string of the molecule is C[C@H](N)C(=O)NCCc1cccc(Br)c1. The van der Waals surface area contributed by atoms with Gasteiger partial charge in [-0.05, 0) is 31.0 Å². The smallest absolute Gasteiger partial charge is 0.236 e. The summed E-state index contributed by atoms with van der Waals surface area (Å²) in [6.45, 7) is 2.30. The molecule has 0 bridgehead atoms. The van der Waals surface area contributed by atoms with E-state index in [0.29, 0.717) is 6.54 Å². The van der Waals surface area contributed by atoms with Gasteiger partial charge in [-0.1, -0.05) is 28.1 Å². The molecule has 1 rings (SSSR count). The Balaban J connectivity index is 2.35. The zero-order valence-corrected chi connectivity index (χ0v) is 10.3. The molecule has 0 aliphatic rings. The number of nitrogens with two attached hydrogens (primary N) is 1. The van der Waals surface area contributed by atoms with Gasteiger partial charge in [-0.3, -0.25) is 4.79 Å². The first-order chi connectivity index (χ1) is 7.09. The molecule has 1 aromatic rings. The minimum Gasteiger partial charge on any atom is -0.354 e. The van der Waals surface area contributed by atoms with Crippen molar-refractivity contribution in [1.29, 1.82) is 0 Å². The van der Waals surface area contributed by atoms with Gasteiger partial charge >= 0.3 is 0 Å². The normalized spacial score (nSPS) is 12.2. The van der Waals surface area contributed by atoms with Gasteiger partial charge in [-0.15, -0.1) is 0 Å². The first kappa shape index (κ1) is 12.2. The number of rotatable bonds is 4. The molecular formula is C11H15BrN2O. The zero-order valence-electron chi connectivity index (χ0n) is 8.66. The number of benzene rings is 1. The van der Waals surface area contributed by atoms with Crippen LogP contribution in [0.4, 0.5) is 0 Å². The van der Waals surface area contributed by atoms with Crippen molar-refractivity contribution < 1.29 is 4.79 Å². The maximum absolute atomic E-state index is 11.2. The molecule has 0 saturated carbocycles. The second kappa shape index (κ2) is 5.88. The second-order valence-corrected chi connectivity index (χ2v) is 4.38. The molecule has 0 spiro atoms. The van der Waals surface area contributed by atoms with Gasteiger partial charge < -0.3 is 11.1 Å². The van der Waals surface area contributed by atoms with E-state index in [1.165, 1.54) is 5.56 Å². The Morgan fingerprint density at radius 3 is 2.93 bits per heavy atom. The van der Waals surface area contributed by atoms with Crippen LogP contribution in [-0.4, -0.2) is 18.5 Å². The molecule has 0 aromatic heterocycles. The summed E-state index contributed by atoms with van der Waals surface area (Å²) >= 11 is 3.40. The summed E-state index contributed by atoms with van der Waals surface area (Å²) in [4.78, 5) is 11.2. The minimum atomic E-state index is -0.437. The Hall–Kier alpha value is -0.870. The molecule has 82 valence electrons. The van der Waals surface area contributed by atoms with Crippen LogP contribution in [-0.2, 0) is 11.2 Å².